The van der Waals surface area contributed by atoms with Gasteiger partial charge in [0.2, 0.25) is 5.78 Å². The first-order valence-corrected chi connectivity index (χ1v) is 14.2. The van der Waals surface area contributed by atoms with Gasteiger partial charge in [-0.3, -0.25) is 14.5 Å². The van der Waals surface area contributed by atoms with E-state index in [4.69, 9.17) is 20.8 Å². The van der Waals surface area contributed by atoms with Gasteiger partial charge in [-0.25, -0.2) is 4.98 Å². The van der Waals surface area contributed by atoms with E-state index in [1.54, 1.807) is 54.6 Å². The number of anilines is 1. The summed E-state index contributed by atoms with van der Waals surface area (Å²) in [5.41, 5.74) is 1.74. The third kappa shape index (κ3) is 4.74. The molecule has 9 heteroatoms. The Hall–Kier alpha value is -4.14. The van der Waals surface area contributed by atoms with Gasteiger partial charge in [0.05, 0.1) is 28.4 Å². The van der Waals surface area contributed by atoms with E-state index in [1.807, 2.05) is 18.2 Å². The Morgan fingerprint density at radius 1 is 1.10 bits per heavy atom. The lowest BCUT2D eigenvalue weighted by Crippen LogP contribution is -2.30. The summed E-state index contributed by atoms with van der Waals surface area (Å²) < 4.78 is 12.5. The van der Waals surface area contributed by atoms with Crippen molar-refractivity contribution in [1.82, 2.24) is 4.98 Å². The minimum Gasteiger partial charge on any atom is -0.503 e. The first kappa shape index (κ1) is 26.1. The maximum absolute atomic E-state index is 13.9. The van der Waals surface area contributed by atoms with Gasteiger partial charge in [0.25, 0.3) is 5.91 Å². The van der Waals surface area contributed by atoms with Crippen molar-refractivity contribution in [2.75, 3.05) is 11.5 Å². The van der Waals surface area contributed by atoms with Gasteiger partial charge in [-0.1, -0.05) is 73.0 Å². The monoisotopic (exact) mass is 572 g/mol. The first-order valence-electron chi connectivity index (χ1n) is 13.0. The molecular weight excluding hydrogens is 548 g/mol. The van der Waals surface area contributed by atoms with Gasteiger partial charge in [0.15, 0.2) is 16.7 Å². The van der Waals surface area contributed by atoms with Crippen molar-refractivity contribution in [3.8, 4) is 5.75 Å². The number of ether oxygens (including phenoxy) is 1. The van der Waals surface area contributed by atoms with Crippen LogP contribution in [0.5, 0.6) is 5.75 Å². The number of furan rings is 1. The van der Waals surface area contributed by atoms with Crippen molar-refractivity contribution in [3.05, 3.63) is 100 Å². The summed E-state index contributed by atoms with van der Waals surface area (Å²) in [5, 5.41) is 12.8. The van der Waals surface area contributed by atoms with Crippen molar-refractivity contribution in [1.29, 1.82) is 0 Å². The molecule has 0 saturated carbocycles. The number of aliphatic hydroxyl groups excluding tert-OH is 1. The highest BCUT2D eigenvalue weighted by molar-refractivity contribution is 7.22. The van der Waals surface area contributed by atoms with E-state index in [1.165, 1.54) is 16.2 Å². The number of para-hydroxylation sites is 1. The minimum atomic E-state index is -0.932. The van der Waals surface area contributed by atoms with E-state index in [2.05, 4.69) is 11.9 Å². The number of rotatable bonds is 9. The molecule has 0 fully saturated rings. The summed E-state index contributed by atoms with van der Waals surface area (Å²) >= 11 is 7.44. The smallest absolute Gasteiger partial charge is 0.296 e. The van der Waals surface area contributed by atoms with Gasteiger partial charge in [-0.15, -0.1) is 0 Å². The number of fused-ring (bicyclic) bond motifs is 2. The summed E-state index contributed by atoms with van der Waals surface area (Å²) in [6.07, 6.45) is 3.14. The zero-order chi connectivity index (χ0) is 27.8. The Morgan fingerprint density at radius 3 is 2.67 bits per heavy atom. The lowest BCUT2D eigenvalue weighted by molar-refractivity contribution is -0.117. The fraction of sp³-hybridized carbons (Fsp3) is 0.194. The molecule has 2 aromatic heterocycles. The molecule has 5 aromatic rings. The number of carbonyl (C=O) groups is 2. The second-order valence-electron chi connectivity index (χ2n) is 9.55. The second kappa shape index (κ2) is 10.8. The largest absolute Gasteiger partial charge is 0.503 e. The van der Waals surface area contributed by atoms with Gasteiger partial charge in [-0.2, -0.15) is 0 Å². The fourth-order valence-electron chi connectivity index (χ4n) is 4.85. The highest BCUT2D eigenvalue weighted by Gasteiger charge is 2.46. The quantitative estimate of drug-likeness (QED) is 0.142. The van der Waals surface area contributed by atoms with Crippen LogP contribution in [-0.4, -0.2) is 28.4 Å². The van der Waals surface area contributed by atoms with E-state index in [9.17, 15) is 14.7 Å². The maximum atomic E-state index is 13.9. The van der Waals surface area contributed by atoms with Crippen LogP contribution in [0.3, 0.4) is 0 Å². The summed E-state index contributed by atoms with van der Waals surface area (Å²) in [6, 6.07) is 20.4. The van der Waals surface area contributed by atoms with Crippen LogP contribution in [-0.2, 0) is 4.79 Å². The third-order valence-corrected chi connectivity index (χ3v) is 8.11. The molecule has 1 N–H and O–H groups in total. The Bertz CT molecular complexity index is 1740. The highest BCUT2D eigenvalue weighted by atomic mass is 35.5. The Balaban J connectivity index is 1.42. The predicted octanol–water partition coefficient (Wildman–Crippen LogP) is 8.05. The predicted molar refractivity (Wildman–Crippen MR) is 157 cm³/mol. The molecule has 0 radical (unpaired) electrons. The number of unbranched alkanes of at least 4 members (excludes halogenated alkanes) is 2. The van der Waals surface area contributed by atoms with Crippen LogP contribution >= 0.6 is 22.9 Å². The summed E-state index contributed by atoms with van der Waals surface area (Å²) in [4.78, 5) is 33.4. The zero-order valence-electron chi connectivity index (χ0n) is 21.6. The van der Waals surface area contributed by atoms with Gasteiger partial charge < -0.3 is 14.3 Å². The number of aliphatic hydroxyl groups is 1. The van der Waals surface area contributed by atoms with Gasteiger partial charge in [0.1, 0.15) is 11.3 Å². The molecule has 6 rings (SSSR count). The number of hydrogen-bond donors (Lipinski definition) is 1. The number of thiazole rings is 1. The third-order valence-electron chi connectivity index (χ3n) is 6.86. The molecule has 7 nitrogen and oxygen atoms in total. The van der Waals surface area contributed by atoms with Crippen LogP contribution in [0.15, 0.2) is 88.5 Å². The topological polar surface area (TPSA) is 92.9 Å². The van der Waals surface area contributed by atoms with Crippen LogP contribution in [0.25, 0.3) is 21.2 Å². The standard InChI is InChI=1S/C31H25ClN2O5S/c1-2-3-6-15-38-21-12-9-18(10-13-21)27-26(28(35)24-16-19-7-4-5-8-23(19)39-24)29(36)30(37)34(27)31-33-22-14-11-20(32)17-25(22)40-31/h4-5,7-14,16-17,27,36H,2-3,6,15H2,1H3. The number of nitrogens with zero attached hydrogens (tertiary/aromatic N) is 2. The van der Waals surface area contributed by atoms with Crippen LogP contribution in [0.4, 0.5) is 5.13 Å². The summed E-state index contributed by atoms with van der Waals surface area (Å²) in [5.74, 6) is -1.20. The maximum Gasteiger partial charge on any atom is 0.296 e. The van der Waals surface area contributed by atoms with Crippen LogP contribution in [0.2, 0.25) is 5.02 Å². The van der Waals surface area contributed by atoms with Crippen LogP contribution in [0, 0.1) is 0 Å². The molecule has 3 aromatic carbocycles. The van der Waals surface area contributed by atoms with E-state index in [0.717, 1.165) is 29.3 Å². The molecule has 202 valence electrons. The van der Waals surface area contributed by atoms with Crippen molar-refractivity contribution in [3.63, 3.8) is 0 Å². The number of ketones is 1. The van der Waals surface area contributed by atoms with E-state index >= 15 is 0 Å². The SMILES string of the molecule is CCCCCOc1ccc(C2C(C(=O)c3cc4ccccc4o3)=C(O)C(=O)N2c2nc3ccc(Cl)cc3s2)cc1. The van der Waals surface area contributed by atoms with Crippen LogP contribution < -0.4 is 9.64 Å². The number of amides is 1. The number of aromatic nitrogens is 1. The molecule has 1 atom stereocenters. The Morgan fingerprint density at radius 2 is 1.90 bits per heavy atom. The lowest BCUT2D eigenvalue weighted by Gasteiger charge is -2.24. The zero-order valence-corrected chi connectivity index (χ0v) is 23.2. The number of halogens is 1. The molecule has 0 aliphatic carbocycles. The average Bonchev–Trinajstić information content (AvgIpc) is 3.65. The molecular formula is C31H25ClN2O5S. The Labute approximate surface area is 239 Å². The fourth-order valence-corrected chi connectivity index (χ4v) is 6.12. The average molecular weight is 573 g/mol. The molecule has 3 heterocycles. The molecule has 0 saturated heterocycles. The molecule has 0 bridgehead atoms. The number of benzene rings is 3. The molecule has 1 aliphatic rings. The second-order valence-corrected chi connectivity index (χ2v) is 11.0. The van der Waals surface area contributed by atoms with Crippen molar-refractivity contribution in [2.45, 2.75) is 32.2 Å². The number of Topliss-reactive ketones (excluding diaryl/α,β-unsaturated/α-hetero) is 1. The molecule has 1 amide bonds. The van der Waals surface area contributed by atoms with Gasteiger partial charge in [-0.05, 0) is 54.4 Å². The molecule has 0 spiro atoms. The summed E-state index contributed by atoms with van der Waals surface area (Å²) in [6.45, 7) is 2.74. The summed E-state index contributed by atoms with van der Waals surface area (Å²) in [7, 11) is 0. The van der Waals surface area contributed by atoms with Crippen LogP contribution in [0.1, 0.15) is 48.3 Å². The van der Waals surface area contributed by atoms with Gasteiger partial charge >= 0.3 is 0 Å². The van der Waals surface area contributed by atoms with Crippen molar-refractivity contribution < 1.29 is 23.8 Å². The molecule has 1 unspecified atom stereocenters. The number of hydrogen-bond acceptors (Lipinski definition) is 7. The number of carbonyl (C=O) groups excluding carboxylic acids is 2. The molecule has 1 aliphatic heterocycles. The highest BCUT2D eigenvalue weighted by Crippen LogP contribution is 2.45. The van der Waals surface area contributed by atoms with Crippen molar-refractivity contribution in [2.24, 2.45) is 0 Å². The Kier molecular flexibility index (Phi) is 7.04. The first-order chi connectivity index (χ1) is 19.4. The molecule has 40 heavy (non-hydrogen) atoms. The lowest BCUT2D eigenvalue weighted by atomic mass is 9.95. The van der Waals surface area contributed by atoms with Crippen molar-refractivity contribution >= 4 is 60.9 Å². The van der Waals surface area contributed by atoms with E-state index < -0.39 is 23.5 Å². The van der Waals surface area contributed by atoms with Gasteiger partial charge in [0, 0.05) is 10.4 Å². The normalized spacial score (nSPS) is 15.5. The minimum absolute atomic E-state index is 0.0364. The van der Waals surface area contributed by atoms with E-state index in [-0.39, 0.29) is 11.3 Å². The van der Waals surface area contributed by atoms with E-state index in [0.29, 0.717) is 39.2 Å².